The second-order valence-corrected chi connectivity index (χ2v) is 4.55. The number of aromatic amines is 1. The van der Waals surface area contributed by atoms with Crippen LogP contribution in [0.1, 0.15) is 5.56 Å². The van der Waals surface area contributed by atoms with Gasteiger partial charge in [0.2, 0.25) is 0 Å². The molecule has 0 aliphatic heterocycles. The minimum Gasteiger partial charge on any atom is -0.285 e. The lowest BCUT2D eigenvalue weighted by Crippen LogP contribution is -2.35. The van der Waals surface area contributed by atoms with Gasteiger partial charge in [-0.3, -0.25) is 5.10 Å². The fourth-order valence-electron chi connectivity index (χ4n) is 0.862. The standard InChI is InChI=1S/C6H12N4O2S/c1-7-13(11,12)10(2)5-6-3-8-9-4-6/h3-4,7H,5H2,1-2H3,(H,8,9). The lowest BCUT2D eigenvalue weighted by atomic mass is 10.4. The van der Waals surface area contributed by atoms with Crippen LogP contribution in [0.5, 0.6) is 0 Å². The number of aromatic nitrogens is 2. The van der Waals surface area contributed by atoms with Crippen molar-refractivity contribution in [1.29, 1.82) is 0 Å². The van der Waals surface area contributed by atoms with Crippen molar-refractivity contribution in [2.75, 3.05) is 14.1 Å². The van der Waals surface area contributed by atoms with Gasteiger partial charge < -0.3 is 0 Å². The van der Waals surface area contributed by atoms with Crippen molar-refractivity contribution >= 4 is 10.2 Å². The quantitative estimate of drug-likeness (QED) is 0.681. The van der Waals surface area contributed by atoms with Crippen molar-refractivity contribution < 1.29 is 8.42 Å². The summed E-state index contributed by atoms with van der Waals surface area (Å²) in [5, 5.41) is 6.33. The molecule has 0 aliphatic carbocycles. The Morgan fingerprint density at radius 1 is 1.69 bits per heavy atom. The number of hydrogen-bond donors (Lipinski definition) is 2. The molecule has 0 saturated carbocycles. The first kappa shape index (κ1) is 10.2. The van der Waals surface area contributed by atoms with Crippen LogP contribution in [0, 0.1) is 0 Å². The summed E-state index contributed by atoms with van der Waals surface area (Å²) >= 11 is 0. The van der Waals surface area contributed by atoms with E-state index in [2.05, 4.69) is 14.9 Å². The molecule has 0 amide bonds. The Bertz CT molecular complexity index is 345. The van der Waals surface area contributed by atoms with Crippen LogP contribution in [0.15, 0.2) is 12.4 Å². The van der Waals surface area contributed by atoms with Gasteiger partial charge in [-0.25, -0.2) is 4.72 Å². The molecule has 1 heterocycles. The number of nitrogens with one attached hydrogen (secondary N) is 2. The smallest absolute Gasteiger partial charge is 0.279 e. The highest BCUT2D eigenvalue weighted by Crippen LogP contribution is 2.02. The molecule has 1 aromatic heterocycles. The highest BCUT2D eigenvalue weighted by atomic mass is 32.2. The van der Waals surface area contributed by atoms with E-state index in [1.807, 2.05) is 0 Å². The third-order valence-electron chi connectivity index (χ3n) is 1.63. The second-order valence-electron chi connectivity index (χ2n) is 2.57. The molecule has 0 spiro atoms. The van der Waals surface area contributed by atoms with E-state index < -0.39 is 10.2 Å². The maximum absolute atomic E-state index is 11.2. The Morgan fingerprint density at radius 3 is 2.85 bits per heavy atom. The highest BCUT2D eigenvalue weighted by molar-refractivity contribution is 7.87. The van der Waals surface area contributed by atoms with Crippen LogP contribution in [0.3, 0.4) is 0 Å². The van der Waals surface area contributed by atoms with Gasteiger partial charge >= 0.3 is 0 Å². The van der Waals surface area contributed by atoms with Crippen molar-refractivity contribution in [1.82, 2.24) is 19.2 Å². The molecule has 0 aliphatic rings. The topological polar surface area (TPSA) is 78.1 Å². The first-order valence-corrected chi connectivity index (χ1v) is 5.12. The van der Waals surface area contributed by atoms with Crippen LogP contribution < -0.4 is 4.72 Å². The Balaban J connectivity index is 2.66. The average molecular weight is 204 g/mol. The van der Waals surface area contributed by atoms with E-state index in [1.165, 1.54) is 18.4 Å². The summed E-state index contributed by atoms with van der Waals surface area (Å²) in [5.41, 5.74) is 0.821. The summed E-state index contributed by atoms with van der Waals surface area (Å²) in [6.45, 7) is 0.305. The molecule has 2 N–H and O–H groups in total. The van der Waals surface area contributed by atoms with Crippen LogP contribution in [0.4, 0.5) is 0 Å². The Hall–Kier alpha value is -0.920. The molecule has 74 valence electrons. The van der Waals surface area contributed by atoms with E-state index in [1.54, 1.807) is 12.4 Å². The zero-order chi connectivity index (χ0) is 9.90. The predicted molar refractivity (Wildman–Crippen MR) is 48.0 cm³/mol. The lowest BCUT2D eigenvalue weighted by Gasteiger charge is -2.14. The molecule has 0 fully saturated rings. The van der Waals surface area contributed by atoms with Gasteiger partial charge in [-0.1, -0.05) is 0 Å². The first-order valence-electron chi connectivity index (χ1n) is 3.68. The van der Waals surface area contributed by atoms with Gasteiger partial charge in [0.1, 0.15) is 0 Å². The number of hydrogen-bond acceptors (Lipinski definition) is 3. The summed E-state index contributed by atoms with van der Waals surface area (Å²) in [4.78, 5) is 0. The van der Waals surface area contributed by atoms with Crippen molar-refractivity contribution in [3.63, 3.8) is 0 Å². The minimum atomic E-state index is -3.33. The summed E-state index contributed by atoms with van der Waals surface area (Å²) in [7, 11) is -0.458. The Kier molecular flexibility index (Phi) is 3.02. The lowest BCUT2D eigenvalue weighted by molar-refractivity contribution is 0.459. The fourth-order valence-corrected chi connectivity index (χ4v) is 1.49. The molecule has 7 heteroatoms. The van der Waals surface area contributed by atoms with Crippen LogP contribution in [-0.2, 0) is 16.8 Å². The van der Waals surface area contributed by atoms with Crippen molar-refractivity contribution in [2.24, 2.45) is 0 Å². The van der Waals surface area contributed by atoms with Gasteiger partial charge in [0.05, 0.1) is 6.20 Å². The molecule has 0 bridgehead atoms. The van der Waals surface area contributed by atoms with Gasteiger partial charge in [-0.15, -0.1) is 0 Å². The fraction of sp³-hybridized carbons (Fsp3) is 0.500. The molecular weight excluding hydrogens is 192 g/mol. The van der Waals surface area contributed by atoms with Gasteiger partial charge in [0.25, 0.3) is 10.2 Å². The van der Waals surface area contributed by atoms with Crippen molar-refractivity contribution in [3.05, 3.63) is 18.0 Å². The number of H-pyrrole nitrogens is 1. The summed E-state index contributed by atoms with van der Waals surface area (Å²) in [6, 6.07) is 0. The Labute approximate surface area is 77.1 Å². The molecule has 0 radical (unpaired) electrons. The highest BCUT2D eigenvalue weighted by Gasteiger charge is 2.14. The average Bonchev–Trinajstić information content (AvgIpc) is 2.57. The van der Waals surface area contributed by atoms with Crippen molar-refractivity contribution in [3.8, 4) is 0 Å². The van der Waals surface area contributed by atoms with Crippen LogP contribution >= 0.6 is 0 Å². The zero-order valence-corrected chi connectivity index (χ0v) is 8.30. The van der Waals surface area contributed by atoms with Crippen LogP contribution in [0.2, 0.25) is 0 Å². The molecule has 0 unspecified atom stereocenters. The van der Waals surface area contributed by atoms with E-state index >= 15 is 0 Å². The van der Waals surface area contributed by atoms with E-state index in [4.69, 9.17) is 0 Å². The molecule has 6 nitrogen and oxygen atoms in total. The molecule has 0 aromatic carbocycles. The van der Waals surface area contributed by atoms with Crippen molar-refractivity contribution in [2.45, 2.75) is 6.54 Å². The van der Waals surface area contributed by atoms with Crippen LogP contribution in [0.25, 0.3) is 0 Å². The monoisotopic (exact) mass is 204 g/mol. The maximum atomic E-state index is 11.2. The van der Waals surface area contributed by atoms with Gasteiger partial charge in [-0.2, -0.15) is 17.8 Å². The third-order valence-corrected chi connectivity index (χ3v) is 3.09. The largest absolute Gasteiger partial charge is 0.285 e. The second kappa shape index (κ2) is 3.86. The van der Waals surface area contributed by atoms with Gasteiger partial charge in [-0.05, 0) is 0 Å². The number of rotatable bonds is 4. The van der Waals surface area contributed by atoms with Crippen LogP contribution in [-0.4, -0.2) is 37.0 Å². The van der Waals surface area contributed by atoms with E-state index in [-0.39, 0.29) is 0 Å². The Morgan fingerprint density at radius 2 is 2.38 bits per heavy atom. The predicted octanol–water partition coefficient (Wildman–Crippen LogP) is -0.694. The first-order chi connectivity index (χ1) is 6.06. The molecule has 0 atom stereocenters. The van der Waals surface area contributed by atoms with Gasteiger partial charge in [0.15, 0.2) is 0 Å². The summed E-state index contributed by atoms with van der Waals surface area (Å²) in [6.07, 6.45) is 3.24. The SMILES string of the molecule is CNS(=O)(=O)N(C)Cc1cn[nH]c1. The molecule has 0 saturated heterocycles. The third kappa shape index (κ3) is 2.51. The molecular formula is C6H12N4O2S. The summed E-state index contributed by atoms with van der Waals surface area (Å²) in [5.74, 6) is 0. The normalized spacial score (nSPS) is 12.2. The number of nitrogens with zero attached hydrogens (tertiary/aromatic N) is 2. The summed E-state index contributed by atoms with van der Waals surface area (Å²) < 4.78 is 25.8. The zero-order valence-electron chi connectivity index (χ0n) is 7.48. The molecule has 13 heavy (non-hydrogen) atoms. The van der Waals surface area contributed by atoms with E-state index in [0.717, 1.165) is 5.56 Å². The van der Waals surface area contributed by atoms with E-state index in [0.29, 0.717) is 6.54 Å². The van der Waals surface area contributed by atoms with E-state index in [9.17, 15) is 8.42 Å². The molecule has 1 rings (SSSR count). The van der Waals surface area contributed by atoms with Gasteiger partial charge in [0, 0.05) is 32.4 Å². The minimum absolute atomic E-state index is 0.305. The molecule has 1 aromatic rings. The maximum Gasteiger partial charge on any atom is 0.279 e.